The van der Waals surface area contributed by atoms with Gasteiger partial charge in [0.25, 0.3) is 0 Å². The van der Waals surface area contributed by atoms with Crippen molar-refractivity contribution in [3.8, 4) is 0 Å². The Morgan fingerprint density at radius 2 is 2.21 bits per heavy atom. The van der Waals surface area contributed by atoms with Crippen LogP contribution in [-0.2, 0) is 4.79 Å². The molecule has 0 aromatic rings. The van der Waals surface area contributed by atoms with Gasteiger partial charge in [-0.05, 0) is 31.6 Å². The summed E-state index contributed by atoms with van der Waals surface area (Å²) in [6, 6.07) is -1.13. The van der Waals surface area contributed by atoms with Crippen LogP contribution < -0.4 is 11.1 Å². The minimum Gasteiger partial charge on any atom is -0.352 e. The number of carbonyl (C=O) groups is 2. The van der Waals surface area contributed by atoms with Crippen molar-refractivity contribution in [2.75, 3.05) is 6.54 Å². The van der Waals surface area contributed by atoms with E-state index in [1.165, 1.54) is 0 Å². The van der Waals surface area contributed by atoms with E-state index < -0.39 is 12.1 Å². The van der Waals surface area contributed by atoms with Crippen LogP contribution in [0.3, 0.4) is 0 Å². The normalized spacial score (nSPS) is 23.5. The first-order chi connectivity index (χ1) is 8.79. The molecule has 1 aliphatic heterocycles. The van der Waals surface area contributed by atoms with Crippen LogP contribution in [0.4, 0.5) is 4.79 Å². The van der Waals surface area contributed by atoms with Crippen molar-refractivity contribution in [2.45, 2.75) is 52.1 Å². The highest BCUT2D eigenvalue weighted by atomic mass is 16.2. The van der Waals surface area contributed by atoms with Crippen molar-refractivity contribution >= 4 is 11.9 Å². The van der Waals surface area contributed by atoms with E-state index in [0.29, 0.717) is 0 Å². The lowest BCUT2D eigenvalue weighted by atomic mass is 9.75. The number of nitrogens with one attached hydrogen (secondary N) is 1. The molecule has 0 spiro atoms. The maximum absolute atomic E-state index is 12.4. The summed E-state index contributed by atoms with van der Waals surface area (Å²) in [4.78, 5) is 25.2. The Balaban J connectivity index is 2.85. The fraction of sp³-hybridized carbons (Fsp3) is 0.714. The summed E-state index contributed by atoms with van der Waals surface area (Å²) in [7, 11) is 0. The van der Waals surface area contributed by atoms with Crippen LogP contribution in [-0.4, -0.2) is 35.5 Å². The number of piperidine rings is 1. The summed E-state index contributed by atoms with van der Waals surface area (Å²) in [6.07, 6.45) is 4.69. The number of nitrogens with two attached hydrogens (primary N) is 1. The predicted octanol–water partition coefficient (Wildman–Crippen LogP) is 1.64. The van der Waals surface area contributed by atoms with Gasteiger partial charge >= 0.3 is 6.03 Å². The van der Waals surface area contributed by atoms with Crippen molar-refractivity contribution < 1.29 is 9.59 Å². The van der Waals surface area contributed by atoms with Crippen molar-refractivity contribution in [1.29, 1.82) is 0 Å². The first kappa shape index (κ1) is 15.5. The molecule has 108 valence electrons. The molecule has 1 rings (SSSR count). The third-order valence-electron chi connectivity index (χ3n) is 3.90. The molecule has 1 aliphatic rings. The third-order valence-corrected chi connectivity index (χ3v) is 3.90. The van der Waals surface area contributed by atoms with Gasteiger partial charge in [-0.2, -0.15) is 0 Å². The zero-order chi connectivity index (χ0) is 14.6. The number of urea groups is 1. The maximum Gasteiger partial charge on any atom is 0.312 e. The fourth-order valence-corrected chi connectivity index (χ4v) is 2.84. The molecule has 0 radical (unpaired) electrons. The van der Waals surface area contributed by atoms with Gasteiger partial charge in [0.2, 0.25) is 5.91 Å². The largest absolute Gasteiger partial charge is 0.352 e. The average Bonchev–Trinajstić information content (AvgIpc) is 2.29. The van der Waals surface area contributed by atoms with E-state index in [1.54, 1.807) is 6.92 Å². The highest BCUT2D eigenvalue weighted by molar-refractivity contribution is 5.86. The average molecular weight is 267 g/mol. The minimum atomic E-state index is -0.669. The quantitative estimate of drug-likeness (QED) is 0.760. The first-order valence-electron chi connectivity index (χ1n) is 6.77. The number of hydrogen-bond acceptors (Lipinski definition) is 2. The Kier molecular flexibility index (Phi) is 4.97. The molecule has 0 unspecified atom stereocenters. The van der Waals surface area contributed by atoms with Crippen molar-refractivity contribution in [1.82, 2.24) is 10.2 Å². The highest BCUT2D eigenvalue weighted by Crippen LogP contribution is 2.37. The topological polar surface area (TPSA) is 75.4 Å². The summed E-state index contributed by atoms with van der Waals surface area (Å²) in [6.45, 7) is 10.5. The smallest absolute Gasteiger partial charge is 0.312 e. The van der Waals surface area contributed by atoms with Crippen LogP contribution in [0.2, 0.25) is 0 Å². The van der Waals surface area contributed by atoms with Crippen LogP contribution in [0.1, 0.15) is 40.0 Å². The molecule has 5 heteroatoms. The Bertz CT molecular complexity index is 366. The lowest BCUT2D eigenvalue weighted by Gasteiger charge is -2.47. The molecule has 0 aromatic carbocycles. The van der Waals surface area contributed by atoms with Gasteiger partial charge in [-0.25, -0.2) is 4.79 Å². The summed E-state index contributed by atoms with van der Waals surface area (Å²) >= 11 is 0. The van der Waals surface area contributed by atoms with Gasteiger partial charge in [-0.3, -0.25) is 4.79 Å². The van der Waals surface area contributed by atoms with Crippen molar-refractivity contribution in [2.24, 2.45) is 11.1 Å². The standard InChI is InChI=1S/C14H25N3O2/c1-5-7-11-14(3,4)8-6-9-17(11)12(18)10(2)16-13(15)19/h5,10-11H,1,6-9H2,2-4H3,(H3,15,16,19)/t10-,11+/m1/s1. The zero-order valence-corrected chi connectivity index (χ0v) is 12.1. The van der Waals surface area contributed by atoms with Crippen LogP contribution >= 0.6 is 0 Å². The molecule has 3 amide bonds. The molecule has 5 nitrogen and oxygen atoms in total. The lowest BCUT2D eigenvalue weighted by Crippen LogP contribution is -2.57. The number of amides is 3. The number of carbonyl (C=O) groups excluding carboxylic acids is 2. The molecule has 1 saturated heterocycles. The second-order valence-electron chi connectivity index (χ2n) is 5.89. The monoisotopic (exact) mass is 267 g/mol. The van der Waals surface area contributed by atoms with Gasteiger partial charge in [0.15, 0.2) is 0 Å². The van der Waals surface area contributed by atoms with Crippen LogP contribution in [0.25, 0.3) is 0 Å². The molecular weight excluding hydrogens is 242 g/mol. The Labute approximate surface area is 115 Å². The Morgan fingerprint density at radius 1 is 1.58 bits per heavy atom. The molecule has 2 atom stereocenters. The summed E-state index contributed by atoms with van der Waals surface area (Å²) in [5.74, 6) is -0.0709. The second kappa shape index (κ2) is 6.08. The van der Waals surface area contributed by atoms with E-state index in [1.807, 2.05) is 11.0 Å². The number of rotatable bonds is 4. The van der Waals surface area contributed by atoms with Crippen molar-refractivity contribution in [3.05, 3.63) is 12.7 Å². The second-order valence-corrected chi connectivity index (χ2v) is 5.89. The van der Waals surface area contributed by atoms with E-state index in [4.69, 9.17) is 5.73 Å². The molecular formula is C14H25N3O2. The molecule has 0 aliphatic carbocycles. The molecule has 1 heterocycles. The van der Waals surface area contributed by atoms with Gasteiger partial charge in [0.1, 0.15) is 6.04 Å². The fourth-order valence-electron chi connectivity index (χ4n) is 2.84. The molecule has 3 N–H and O–H groups in total. The Hall–Kier alpha value is -1.52. The first-order valence-corrected chi connectivity index (χ1v) is 6.77. The third kappa shape index (κ3) is 3.72. The highest BCUT2D eigenvalue weighted by Gasteiger charge is 2.40. The summed E-state index contributed by atoms with van der Waals surface area (Å²) in [5.41, 5.74) is 5.13. The van der Waals surface area contributed by atoms with Crippen LogP contribution in [0.15, 0.2) is 12.7 Å². The number of hydrogen-bond donors (Lipinski definition) is 2. The van der Waals surface area contributed by atoms with Gasteiger partial charge < -0.3 is 16.0 Å². The van der Waals surface area contributed by atoms with E-state index in [0.717, 1.165) is 25.8 Å². The van der Waals surface area contributed by atoms with Gasteiger partial charge in [-0.15, -0.1) is 6.58 Å². The maximum atomic E-state index is 12.4. The molecule has 0 aromatic heterocycles. The van der Waals surface area contributed by atoms with Crippen LogP contribution in [0.5, 0.6) is 0 Å². The van der Waals surface area contributed by atoms with E-state index in [-0.39, 0.29) is 17.4 Å². The van der Waals surface area contributed by atoms with Gasteiger partial charge in [0.05, 0.1) is 0 Å². The molecule has 0 bridgehead atoms. The molecule has 0 saturated carbocycles. The predicted molar refractivity (Wildman–Crippen MR) is 75.5 cm³/mol. The SMILES string of the molecule is C=CC[C@@H]1N(C(=O)[C@@H](C)NC(N)=O)CCCC1(C)C. The summed E-state index contributed by atoms with van der Waals surface area (Å²) in [5, 5.41) is 2.45. The van der Waals surface area contributed by atoms with Gasteiger partial charge in [-0.1, -0.05) is 19.9 Å². The van der Waals surface area contributed by atoms with E-state index in [9.17, 15) is 9.59 Å². The lowest BCUT2D eigenvalue weighted by molar-refractivity contribution is -0.140. The number of primary amides is 1. The van der Waals surface area contributed by atoms with E-state index >= 15 is 0 Å². The minimum absolute atomic E-state index is 0.0640. The number of nitrogens with zero attached hydrogens (tertiary/aromatic N) is 1. The Morgan fingerprint density at radius 3 is 2.74 bits per heavy atom. The van der Waals surface area contributed by atoms with Crippen molar-refractivity contribution in [3.63, 3.8) is 0 Å². The molecule has 19 heavy (non-hydrogen) atoms. The van der Waals surface area contributed by atoms with Crippen LogP contribution in [0, 0.1) is 5.41 Å². The summed E-state index contributed by atoms with van der Waals surface area (Å²) < 4.78 is 0. The zero-order valence-electron chi connectivity index (χ0n) is 12.1. The van der Waals surface area contributed by atoms with E-state index in [2.05, 4.69) is 25.7 Å². The number of likely N-dealkylation sites (tertiary alicyclic amines) is 1. The van der Waals surface area contributed by atoms with Gasteiger partial charge in [0, 0.05) is 12.6 Å². The molecule has 1 fully saturated rings.